The van der Waals surface area contributed by atoms with Crippen LogP contribution >= 0.6 is 0 Å². The predicted molar refractivity (Wildman–Crippen MR) is 91.8 cm³/mol. The molecule has 1 aromatic rings. The minimum atomic E-state index is 0.606. The highest BCUT2D eigenvalue weighted by Gasteiger charge is 2.22. The monoisotopic (exact) mass is 305 g/mol. The first-order chi connectivity index (χ1) is 10.8. The van der Waals surface area contributed by atoms with Gasteiger partial charge in [-0.3, -0.25) is 0 Å². The third-order valence-electron chi connectivity index (χ3n) is 4.29. The van der Waals surface area contributed by atoms with Gasteiger partial charge in [0.15, 0.2) is 0 Å². The molecule has 0 bridgehead atoms. The highest BCUT2D eigenvalue weighted by atomic mass is 16.5. The third-order valence-corrected chi connectivity index (χ3v) is 4.29. The van der Waals surface area contributed by atoms with E-state index >= 15 is 0 Å². The molecule has 2 aliphatic rings. The van der Waals surface area contributed by atoms with Crippen LogP contribution in [0.1, 0.15) is 44.7 Å². The zero-order chi connectivity index (χ0) is 15.6. The molecule has 3 rings (SSSR count). The summed E-state index contributed by atoms with van der Waals surface area (Å²) >= 11 is 0. The van der Waals surface area contributed by atoms with Gasteiger partial charge in [0.2, 0.25) is 0 Å². The maximum absolute atomic E-state index is 5.72. The fourth-order valence-electron chi connectivity index (χ4n) is 2.64. The zero-order valence-corrected chi connectivity index (χ0v) is 13.9. The third kappa shape index (κ3) is 7.23. The molecule has 4 heteroatoms. The second-order valence-corrected chi connectivity index (χ2v) is 6.44. The summed E-state index contributed by atoms with van der Waals surface area (Å²) in [6.45, 7) is 6.50. The van der Waals surface area contributed by atoms with E-state index in [2.05, 4.69) is 17.2 Å². The molecule has 4 nitrogen and oxygen atoms in total. The van der Waals surface area contributed by atoms with Gasteiger partial charge in [0.1, 0.15) is 5.82 Å². The lowest BCUT2D eigenvalue weighted by Gasteiger charge is -2.13. The number of nitrogen functional groups attached to an aromatic ring is 1. The quantitative estimate of drug-likeness (QED) is 0.878. The number of aryl methyl sites for hydroxylation is 1. The number of pyridine rings is 1. The van der Waals surface area contributed by atoms with Crippen LogP contribution in [0.25, 0.3) is 0 Å². The summed E-state index contributed by atoms with van der Waals surface area (Å²) in [6.07, 6.45) is 7.77. The van der Waals surface area contributed by atoms with Crippen LogP contribution in [0.3, 0.4) is 0 Å². The van der Waals surface area contributed by atoms with Gasteiger partial charge < -0.3 is 15.8 Å². The minimum absolute atomic E-state index is 0.606. The lowest BCUT2D eigenvalue weighted by Crippen LogP contribution is -2.15. The van der Waals surface area contributed by atoms with Gasteiger partial charge in [-0.15, -0.1) is 0 Å². The predicted octanol–water partition coefficient (Wildman–Crippen LogP) is 3.03. The molecule has 124 valence electrons. The molecule has 1 saturated carbocycles. The zero-order valence-electron chi connectivity index (χ0n) is 13.9. The van der Waals surface area contributed by atoms with E-state index in [1.54, 1.807) is 6.07 Å². The van der Waals surface area contributed by atoms with Crippen molar-refractivity contribution in [2.45, 2.75) is 45.4 Å². The van der Waals surface area contributed by atoms with E-state index in [0.717, 1.165) is 37.2 Å². The van der Waals surface area contributed by atoms with Gasteiger partial charge in [-0.25, -0.2) is 4.98 Å². The van der Waals surface area contributed by atoms with Crippen molar-refractivity contribution in [3.05, 3.63) is 23.9 Å². The van der Waals surface area contributed by atoms with Crippen LogP contribution in [0.5, 0.6) is 0 Å². The van der Waals surface area contributed by atoms with E-state index in [9.17, 15) is 0 Å². The average molecular weight is 305 g/mol. The van der Waals surface area contributed by atoms with Gasteiger partial charge >= 0.3 is 0 Å². The Bertz CT molecular complexity index is 413. The second kappa shape index (κ2) is 9.80. The first-order valence-electron chi connectivity index (χ1n) is 8.77. The summed E-state index contributed by atoms with van der Waals surface area (Å²) in [5, 5.41) is 3.43. The van der Waals surface area contributed by atoms with Crippen LogP contribution in [-0.2, 0) is 11.2 Å². The van der Waals surface area contributed by atoms with Gasteiger partial charge in [-0.1, -0.05) is 13.0 Å². The summed E-state index contributed by atoms with van der Waals surface area (Å²) in [5.74, 6) is 2.35. The highest BCUT2D eigenvalue weighted by molar-refractivity contribution is 5.28. The fourth-order valence-corrected chi connectivity index (χ4v) is 2.64. The number of ether oxygens (including phenoxy) is 1. The van der Waals surface area contributed by atoms with Crippen LogP contribution in [0.4, 0.5) is 5.82 Å². The molecule has 3 N–H and O–H groups in total. The fraction of sp³-hybridized carbons (Fsp3) is 0.722. The van der Waals surface area contributed by atoms with E-state index in [-0.39, 0.29) is 0 Å². The summed E-state index contributed by atoms with van der Waals surface area (Å²) in [5.41, 5.74) is 6.47. The van der Waals surface area contributed by atoms with Crippen LogP contribution in [0.2, 0.25) is 0 Å². The molecule has 1 aromatic heterocycles. The van der Waals surface area contributed by atoms with Crippen LogP contribution in [-0.4, -0.2) is 31.3 Å². The average Bonchev–Trinajstić information content (AvgIpc) is 3.35. The molecule has 0 spiro atoms. The van der Waals surface area contributed by atoms with Crippen molar-refractivity contribution in [3.63, 3.8) is 0 Å². The first-order valence-corrected chi connectivity index (χ1v) is 8.77. The van der Waals surface area contributed by atoms with Gasteiger partial charge in [-0.2, -0.15) is 0 Å². The molecular weight excluding hydrogens is 274 g/mol. The molecule has 22 heavy (non-hydrogen) atoms. The Morgan fingerprint density at radius 2 is 1.91 bits per heavy atom. The van der Waals surface area contributed by atoms with Crippen molar-refractivity contribution in [1.29, 1.82) is 0 Å². The van der Waals surface area contributed by atoms with Crippen molar-refractivity contribution in [3.8, 4) is 0 Å². The van der Waals surface area contributed by atoms with E-state index in [1.807, 2.05) is 12.1 Å². The van der Waals surface area contributed by atoms with Crippen molar-refractivity contribution in [2.75, 3.05) is 32.0 Å². The Balaban J connectivity index is 0.000000172. The molecule has 0 amide bonds. The molecule has 1 aliphatic carbocycles. The van der Waals surface area contributed by atoms with Crippen molar-refractivity contribution < 1.29 is 4.74 Å². The largest absolute Gasteiger partial charge is 0.384 e. The lowest BCUT2D eigenvalue weighted by molar-refractivity contribution is 0.0872. The topological polar surface area (TPSA) is 60.2 Å². The molecule has 2 heterocycles. The number of nitrogens with zero attached hydrogens (tertiary/aromatic N) is 1. The van der Waals surface area contributed by atoms with Gasteiger partial charge in [0, 0.05) is 18.9 Å². The van der Waals surface area contributed by atoms with Gasteiger partial charge in [0.25, 0.3) is 0 Å². The number of hydrogen-bond acceptors (Lipinski definition) is 4. The summed E-state index contributed by atoms with van der Waals surface area (Å²) in [7, 11) is 0. The molecule has 1 atom stereocenters. The SMILES string of the molecule is C1CNCCC(COCC2CC2)C1.CCc1cccc(N)n1. The van der Waals surface area contributed by atoms with Crippen molar-refractivity contribution in [2.24, 2.45) is 11.8 Å². The van der Waals surface area contributed by atoms with Gasteiger partial charge in [-0.05, 0) is 75.6 Å². The molecule has 1 unspecified atom stereocenters. The van der Waals surface area contributed by atoms with Crippen LogP contribution in [0, 0.1) is 11.8 Å². The Morgan fingerprint density at radius 3 is 2.55 bits per heavy atom. The smallest absolute Gasteiger partial charge is 0.123 e. The van der Waals surface area contributed by atoms with Crippen LogP contribution < -0.4 is 11.1 Å². The summed E-state index contributed by atoms with van der Waals surface area (Å²) in [4.78, 5) is 4.07. The maximum Gasteiger partial charge on any atom is 0.123 e. The number of rotatable bonds is 5. The number of nitrogens with two attached hydrogens (primary N) is 1. The maximum atomic E-state index is 5.72. The Kier molecular flexibility index (Phi) is 7.67. The lowest BCUT2D eigenvalue weighted by atomic mass is 10.0. The Morgan fingerprint density at radius 1 is 1.14 bits per heavy atom. The number of nitrogens with one attached hydrogen (secondary N) is 1. The standard InChI is InChI=1S/C11H21NO.C7H10N2/c1-2-10(5-7-12-6-1)8-13-9-11-3-4-11;1-2-6-4-3-5-7(8)9-6/h10-12H,1-9H2;3-5H,2H2,1H3,(H2,8,9). The summed E-state index contributed by atoms with van der Waals surface area (Å²) in [6, 6.07) is 5.68. The molecule has 1 saturated heterocycles. The molecule has 1 aliphatic heterocycles. The normalized spacial score (nSPS) is 21.6. The van der Waals surface area contributed by atoms with E-state index in [4.69, 9.17) is 10.5 Å². The molecule has 2 fully saturated rings. The molecule has 0 aromatic carbocycles. The Hall–Kier alpha value is -1.13. The first kappa shape index (κ1) is 17.2. The van der Waals surface area contributed by atoms with E-state index < -0.39 is 0 Å². The summed E-state index contributed by atoms with van der Waals surface area (Å²) < 4.78 is 5.72. The number of hydrogen-bond donors (Lipinski definition) is 2. The Labute approximate surface area is 134 Å². The number of aromatic nitrogens is 1. The highest BCUT2D eigenvalue weighted by Crippen LogP contribution is 2.29. The van der Waals surface area contributed by atoms with Crippen LogP contribution in [0.15, 0.2) is 18.2 Å². The molecule has 0 radical (unpaired) electrons. The minimum Gasteiger partial charge on any atom is -0.384 e. The second-order valence-electron chi connectivity index (χ2n) is 6.44. The number of anilines is 1. The van der Waals surface area contributed by atoms with Crippen molar-refractivity contribution >= 4 is 5.82 Å². The van der Waals surface area contributed by atoms with E-state index in [0.29, 0.717) is 5.82 Å². The van der Waals surface area contributed by atoms with Gasteiger partial charge in [0.05, 0.1) is 0 Å². The van der Waals surface area contributed by atoms with Crippen molar-refractivity contribution in [1.82, 2.24) is 10.3 Å². The van der Waals surface area contributed by atoms with E-state index in [1.165, 1.54) is 45.2 Å². The molecular formula is C18H31N3O.